The van der Waals surface area contributed by atoms with Crippen molar-refractivity contribution >= 4 is 49.7 Å². The van der Waals surface area contributed by atoms with Gasteiger partial charge in [0.2, 0.25) is 5.91 Å². The fourth-order valence-electron chi connectivity index (χ4n) is 3.19. The van der Waals surface area contributed by atoms with Gasteiger partial charge in [0.05, 0.1) is 17.0 Å². The molecule has 1 aliphatic rings. The van der Waals surface area contributed by atoms with Crippen LogP contribution in [0.5, 0.6) is 0 Å². The number of rotatable bonds is 6. The molecule has 2 heterocycles. The number of thiazole rings is 1. The Morgan fingerprint density at radius 1 is 1.10 bits per heavy atom. The van der Waals surface area contributed by atoms with Gasteiger partial charge in [0.1, 0.15) is 6.04 Å². The van der Waals surface area contributed by atoms with Crippen LogP contribution >= 0.6 is 11.3 Å². The van der Waals surface area contributed by atoms with Crippen LogP contribution in [0.15, 0.2) is 65.0 Å². The van der Waals surface area contributed by atoms with E-state index in [0.717, 1.165) is 5.56 Å². The molecule has 2 aromatic carbocycles. The van der Waals surface area contributed by atoms with Gasteiger partial charge in [0.25, 0.3) is 15.9 Å². The number of amides is 2. The molecule has 1 aromatic heterocycles. The average Bonchev–Trinajstić information content (AvgIpc) is 3.31. The van der Waals surface area contributed by atoms with Crippen LogP contribution in [0.4, 0.5) is 16.5 Å². The summed E-state index contributed by atoms with van der Waals surface area (Å²) in [5.41, 5.74) is 1.95. The Morgan fingerprint density at radius 3 is 2.50 bits per heavy atom. The van der Waals surface area contributed by atoms with Gasteiger partial charge in [-0.25, -0.2) is 18.3 Å². The topological polar surface area (TPSA) is 108 Å². The van der Waals surface area contributed by atoms with Crippen molar-refractivity contribution in [2.45, 2.75) is 24.3 Å². The number of carbonyl (C=O) groups excluding carboxylic acids is 2. The number of nitrogens with zero attached hydrogens (tertiary/aromatic N) is 2. The number of hydrogen-bond donors (Lipinski definition) is 2. The molecule has 8 nitrogen and oxygen atoms in total. The predicted octanol–water partition coefficient (Wildman–Crippen LogP) is 3.00. The maximum Gasteiger partial charge on any atom is 0.263 e. The Kier molecular flexibility index (Phi) is 5.27. The van der Waals surface area contributed by atoms with Crippen molar-refractivity contribution in [1.29, 1.82) is 0 Å². The number of benzene rings is 2. The lowest BCUT2D eigenvalue weighted by Gasteiger charge is -2.18. The first kappa shape index (κ1) is 20.0. The number of aromatic nitrogens is 1. The first-order valence-electron chi connectivity index (χ1n) is 9.06. The molecule has 2 amide bonds. The molecule has 4 rings (SSSR count). The summed E-state index contributed by atoms with van der Waals surface area (Å²) in [6.45, 7) is 1.84. The molecule has 1 fully saturated rings. The van der Waals surface area contributed by atoms with Gasteiger partial charge in [-0.15, -0.1) is 11.3 Å². The van der Waals surface area contributed by atoms with Crippen LogP contribution in [0.2, 0.25) is 0 Å². The van der Waals surface area contributed by atoms with E-state index in [-0.39, 0.29) is 28.3 Å². The lowest BCUT2D eigenvalue weighted by molar-refractivity contribution is -0.121. The molecule has 0 spiro atoms. The van der Waals surface area contributed by atoms with Gasteiger partial charge < -0.3 is 5.32 Å². The summed E-state index contributed by atoms with van der Waals surface area (Å²) in [4.78, 5) is 30.4. The maximum atomic E-state index is 12.8. The highest BCUT2D eigenvalue weighted by molar-refractivity contribution is 7.93. The molecule has 3 aromatic rings. The van der Waals surface area contributed by atoms with E-state index in [1.54, 1.807) is 29.6 Å². The molecule has 0 bridgehead atoms. The van der Waals surface area contributed by atoms with Crippen LogP contribution in [0.25, 0.3) is 0 Å². The van der Waals surface area contributed by atoms with Crippen LogP contribution in [-0.4, -0.2) is 31.3 Å². The van der Waals surface area contributed by atoms with Gasteiger partial charge in [-0.2, -0.15) is 0 Å². The van der Waals surface area contributed by atoms with Crippen molar-refractivity contribution in [1.82, 2.24) is 4.98 Å². The lowest BCUT2D eigenvalue weighted by Crippen LogP contribution is -2.35. The van der Waals surface area contributed by atoms with E-state index >= 15 is 0 Å². The zero-order chi connectivity index (χ0) is 21.3. The number of anilines is 3. The summed E-state index contributed by atoms with van der Waals surface area (Å²) in [6, 6.07) is 12.5. The molecule has 0 radical (unpaired) electrons. The standard InChI is InChI=1S/C20H18N4O4S2/c1-13-4-2-3-5-17(13)24-18(25)12-16(19(24)26)22-14-6-8-15(9-7-14)30(27,28)23-20-21-10-11-29-20/h2-11,16,22H,12H2,1H3,(H,21,23)/t16-/m0/s1. The van der Waals surface area contributed by atoms with E-state index in [0.29, 0.717) is 11.4 Å². The highest BCUT2D eigenvalue weighted by Gasteiger charge is 2.40. The van der Waals surface area contributed by atoms with Crippen molar-refractivity contribution < 1.29 is 18.0 Å². The predicted molar refractivity (Wildman–Crippen MR) is 115 cm³/mol. The van der Waals surface area contributed by atoms with Gasteiger partial charge in [-0.05, 0) is 42.8 Å². The molecule has 1 atom stereocenters. The third kappa shape index (κ3) is 3.91. The Labute approximate surface area is 177 Å². The second-order valence-corrected chi connectivity index (χ2v) is 9.30. The van der Waals surface area contributed by atoms with E-state index in [1.807, 2.05) is 19.1 Å². The van der Waals surface area contributed by atoms with Crippen molar-refractivity contribution in [3.63, 3.8) is 0 Å². The van der Waals surface area contributed by atoms with Crippen molar-refractivity contribution in [3.8, 4) is 0 Å². The second kappa shape index (κ2) is 7.88. The number of imide groups is 1. The molecule has 154 valence electrons. The molecule has 10 heteroatoms. The number of aryl methyl sites for hydroxylation is 1. The molecule has 1 aliphatic heterocycles. The Morgan fingerprint density at radius 2 is 1.83 bits per heavy atom. The minimum Gasteiger partial charge on any atom is -0.373 e. The number of hydrogen-bond acceptors (Lipinski definition) is 7. The molecular formula is C20H18N4O4S2. The van der Waals surface area contributed by atoms with Crippen LogP contribution in [0, 0.1) is 6.92 Å². The van der Waals surface area contributed by atoms with Gasteiger partial charge in [-0.3, -0.25) is 14.3 Å². The van der Waals surface area contributed by atoms with Crippen LogP contribution in [0.1, 0.15) is 12.0 Å². The quantitative estimate of drug-likeness (QED) is 0.568. The summed E-state index contributed by atoms with van der Waals surface area (Å²) in [6.07, 6.45) is 1.54. The summed E-state index contributed by atoms with van der Waals surface area (Å²) in [5.74, 6) is -0.616. The summed E-state index contributed by atoms with van der Waals surface area (Å²) in [7, 11) is -3.76. The van der Waals surface area contributed by atoms with Crippen LogP contribution in [-0.2, 0) is 19.6 Å². The van der Waals surface area contributed by atoms with E-state index in [1.165, 1.54) is 34.6 Å². The van der Waals surface area contributed by atoms with E-state index < -0.39 is 16.1 Å². The average molecular weight is 443 g/mol. The van der Waals surface area contributed by atoms with Crippen molar-refractivity contribution in [2.24, 2.45) is 0 Å². The molecule has 1 saturated heterocycles. The van der Waals surface area contributed by atoms with Gasteiger partial charge in [0.15, 0.2) is 5.13 Å². The van der Waals surface area contributed by atoms with Gasteiger partial charge >= 0.3 is 0 Å². The van der Waals surface area contributed by atoms with E-state index in [9.17, 15) is 18.0 Å². The Bertz CT molecular complexity index is 1190. The van der Waals surface area contributed by atoms with Gasteiger partial charge in [-0.1, -0.05) is 18.2 Å². The molecule has 2 N–H and O–H groups in total. The first-order chi connectivity index (χ1) is 14.3. The molecule has 0 saturated carbocycles. The van der Waals surface area contributed by atoms with Crippen molar-refractivity contribution in [2.75, 3.05) is 14.9 Å². The largest absolute Gasteiger partial charge is 0.373 e. The lowest BCUT2D eigenvalue weighted by atomic mass is 10.2. The monoisotopic (exact) mass is 442 g/mol. The minimum atomic E-state index is -3.76. The van der Waals surface area contributed by atoms with Gasteiger partial charge in [0, 0.05) is 17.3 Å². The molecular weight excluding hydrogens is 424 g/mol. The summed E-state index contributed by atoms with van der Waals surface area (Å²) < 4.78 is 27.2. The van der Waals surface area contributed by atoms with Crippen molar-refractivity contribution in [3.05, 3.63) is 65.7 Å². The first-order valence-corrected chi connectivity index (χ1v) is 11.4. The summed E-state index contributed by atoms with van der Waals surface area (Å²) >= 11 is 1.18. The third-order valence-electron chi connectivity index (χ3n) is 4.66. The minimum absolute atomic E-state index is 0.0266. The number of sulfonamides is 1. The smallest absolute Gasteiger partial charge is 0.263 e. The van der Waals surface area contributed by atoms with Crippen LogP contribution < -0.4 is 14.9 Å². The second-order valence-electron chi connectivity index (χ2n) is 6.72. The van der Waals surface area contributed by atoms with E-state index in [4.69, 9.17) is 0 Å². The summed E-state index contributed by atoms with van der Waals surface area (Å²) in [5, 5.41) is 4.98. The van der Waals surface area contributed by atoms with Crippen LogP contribution in [0.3, 0.4) is 0 Å². The zero-order valence-electron chi connectivity index (χ0n) is 15.9. The maximum absolute atomic E-state index is 12.8. The Balaban J connectivity index is 1.48. The number of nitrogens with one attached hydrogen (secondary N) is 2. The zero-order valence-corrected chi connectivity index (χ0v) is 17.5. The number of carbonyl (C=O) groups is 2. The number of para-hydroxylation sites is 1. The Hall–Kier alpha value is -3.24. The fourth-order valence-corrected chi connectivity index (χ4v) is 4.98. The van der Waals surface area contributed by atoms with E-state index in [2.05, 4.69) is 15.0 Å². The molecule has 0 aliphatic carbocycles. The highest BCUT2D eigenvalue weighted by Crippen LogP contribution is 2.28. The molecule has 0 unspecified atom stereocenters. The molecule has 30 heavy (non-hydrogen) atoms. The fraction of sp³-hybridized carbons (Fsp3) is 0.150. The third-order valence-corrected chi connectivity index (χ3v) is 6.84. The SMILES string of the molecule is Cc1ccccc1N1C(=O)C[C@H](Nc2ccc(S(=O)(=O)Nc3nccs3)cc2)C1=O. The highest BCUT2D eigenvalue weighted by atomic mass is 32.2. The normalized spacial score (nSPS) is 16.7.